The van der Waals surface area contributed by atoms with E-state index >= 15 is 0 Å². The maximum atomic E-state index is 12.1. The molecular weight excluding hydrogens is 284 g/mol. The van der Waals surface area contributed by atoms with Crippen molar-refractivity contribution in [2.45, 2.75) is 0 Å². The lowest BCUT2D eigenvalue weighted by molar-refractivity contribution is 0.0700. The van der Waals surface area contributed by atoms with Gasteiger partial charge in [-0.25, -0.2) is 4.79 Å². The van der Waals surface area contributed by atoms with Gasteiger partial charge in [-0.1, -0.05) is 6.07 Å². The van der Waals surface area contributed by atoms with Gasteiger partial charge in [0.2, 0.25) is 0 Å². The number of fused-ring (bicyclic) bond motifs is 3. The molecule has 0 saturated carbocycles. The van der Waals surface area contributed by atoms with Crippen molar-refractivity contribution in [3.63, 3.8) is 0 Å². The lowest BCUT2D eigenvalue weighted by Crippen LogP contribution is -2.21. The number of rotatable bonds is 2. The summed E-state index contributed by atoms with van der Waals surface area (Å²) in [6.45, 7) is 0. The Bertz CT molecular complexity index is 925. The van der Waals surface area contributed by atoms with Gasteiger partial charge in [0.25, 0.3) is 5.91 Å². The number of phenols is 1. The van der Waals surface area contributed by atoms with Crippen LogP contribution in [0.25, 0.3) is 16.4 Å². The maximum Gasteiger partial charge on any atom is 0.338 e. The summed E-state index contributed by atoms with van der Waals surface area (Å²) in [5, 5.41) is 20.0. The number of nitrogens with zero attached hydrogens (tertiary/aromatic N) is 2. The average molecular weight is 298 g/mol. The molecule has 1 amide bonds. The molecule has 0 radical (unpaired) electrons. The van der Waals surface area contributed by atoms with Gasteiger partial charge >= 0.3 is 5.97 Å². The monoisotopic (exact) mass is 298 g/mol. The van der Waals surface area contributed by atoms with Crippen LogP contribution in [-0.2, 0) is 0 Å². The van der Waals surface area contributed by atoms with E-state index < -0.39 is 5.97 Å². The number of benzene rings is 1. The first-order valence-electron chi connectivity index (χ1n) is 6.62. The Morgan fingerprint density at radius 2 is 1.86 bits per heavy atom. The third kappa shape index (κ3) is 1.88. The molecule has 2 N–H and O–H groups in total. The minimum atomic E-state index is -1.12. The smallest absolute Gasteiger partial charge is 0.338 e. The number of aromatic carboxylic acids is 1. The van der Waals surface area contributed by atoms with Gasteiger partial charge in [0.1, 0.15) is 5.75 Å². The van der Waals surface area contributed by atoms with E-state index in [1.54, 1.807) is 49.0 Å². The number of amides is 1. The van der Waals surface area contributed by atoms with Crippen LogP contribution in [0.2, 0.25) is 0 Å². The number of carboxylic acids is 1. The van der Waals surface area contributed by atoms with Gasteiger partial charge in [-0.2, -0.15) is 0 Å². The van der Waals surface area contributed by atoms with E-state index in [9.17, 15) is 19.8 Å². The zero-order valence-corrected chi connectivity index (χ0v) is 12.1. The van der Waals surface area contributed by atoms with Gasteiger partial charge in [-0.15, -0.1) is 0 Å². The molecule has 3 rings (SSSR count). The van der Waals surface area contributed by atoms with Crippen LogP contribution in [0.15, 0.2) is 36.5 Å². The summed E-state index contributed by atoms with van der Waals surface area (Å²) >= 11 is 0. The van der Waals surface area contributed by atoms with E-state index in [-0.39, 0.29) is 22.6 Å². The van der Waals surface area contributed by atoms with Crippen LogP contribution < -0.4 is 0 Å². The molecule has 1 aromatic carbocycles. The van der Waals surface area contributed by atoms with Crippen molar-refractivity contribution < 1.29 is 19.8 Å². The summed E-state index contributed by atoms with van der Waals surface area (Å²) < 4.78 is 1.66. The second kappa shape index (κ2) is 4.77. The molecule has 0 bridgehead atoms. The van der Waals surface area contributed by atoms with Crippen molar-refractivity contribution in [3.05, 3.63) is 47.7 Å². The third-order valence-corrected chi connectivity index (χ3v) is 3.59. The molecular formula is C16H14N2O4. The van der Waals surface area contributed by atoms with Crippen LogP contribution in [0.3, 0.4) is 0 Å². The predicted molar refractivity (Wildman–Crippen MR) is 81.5 cm³/mol. The van der Waals surface area contributed by atoms with Gasteiger partial charge < -0.3 is 19.5 Å². The average Bonchev–Trinajstić information content (AvgIpc) is 2.81. The molecule has 0 unspecified atom stereocenters. The predicted octanol–water partition coefficient (Wildman–Crippen LogP) is 2.20. The quantitative estimate of drug-likeness (QED) is 0.760. The Balaban J connectivity index is 2.47. The molecule has 22 heavy (non-hydrogen) atoms. The molecule has 0 spiro atoms. The molecule has 0 aliphatic carbocycles. The topological polar surface area (TPSA) is 82.2 Å². The molecule has 0 saturated heterocycles. The highest BCUT2D eigenvalue weighted by Gasteiger charge is 2.22. The number of aromatic nitrogens is 1. The van der Waals surface area contributed by atoms with Crippen molar-refractivity contribution in [2.75, 3.05) is 14.1 Å². The van der Waals surface area contributed by atoms with Gasteiger partial charge in [0.15, 0.2) is 0 Å². The summed E-state index contributed by atoms with van der Waals surface area (Å²) in [4.78, 5) is 25.1. The Morgan fingerprint density at radius 1 is 1.14 bits per heavy atom. The fourth-order valence-corrected chi connectivity index (χ4v) is 2.64. The highest BCUT2D eigenvalue weighted by Crippen LogP contribution is 2.34. The molecule has 0 atom stereocenters. The molecule has 3 aromatic rings. The van der Waals surface area contributed by atoms with Crippen molar-refractivity contribution in [1.82, 2.24) is 9.30 Å². The number of carbonyl (C=O) groups excluding carboxylic acids is 1. The Morgan fingerprint density at radius 3 is 2.50 bits per heavy atom. The van der Waals surface area contributed by atoms with Crippen molar-refractivity contribution >= 4 is 28.3 Å². The first-order chi connectivity index (χ1) is 10.4. The van der Waals surface area contributed by atoms with Crippen LogP contribution in [0.4, 0.5) is 0 Å². The van der Waals surface area contributed by atoms with Crippen LogP contribution in [0, 0.1) is 0 Å². The fraction of sp³-hybridized carbons (Fsp3) is 0.125. The Labute approximate surface area is 125 Å². The third-order valence-electron chi connectivity index (χ3n) is 3.59. The molecule has 112 valence electrons. The van der Waals surface area contributed by atoms with Gasteiger partial charge in [-0.05, 0) is 24.3 Å². The molecule has 0 aliphatic rings. The molecule has 6 heteroatoms. The normalized spacial score (nSPS) is 11.0. The first-order valence-corrected chi connectivity index (χ1v) is 6.62. The highest BCUT2D eigenvalue weighted by molar-refractivity contribution is 6.14. The standard InChI is InChI=1S/C16H14N2O4/c1-17(2)15(20)9-7-11-13(12(19)8-9)14(16(21)22)10-5-3-4-6-18(10)11/h3-8,19H,1-2H3,(H,21,22). The zero-order valence-electron chi connectivity index (χ0n) is 12.1. The lowest BCUT2D eigenvalue weighted by Gasteiger charge is -2.11. The van der Waals surface area contributed by atoms with E-state index in [1.165, 1.54) is 11.0 Å². The summed E-state index contributed by atoms with van der Waals surface area (Å²) in [6.07, 6.45) is 1.70. The SMILES string of the molecule is CN(C)C(=O)c1cc(O)c2c(C(=O)O)c3ccccn3c2c1. The summed E-state index contributed by atoms with van der Waals surface area (Å²) in [7, 11) is 3.23. The number of pyridine rings is 1. The number of hydrogen-bond donors (Lipinski definition) is 2. The van der Waals surface area contributed by atoms with E-state index in [0.717, 1.165) is 0 Å². The van der Waals surface area contributed by atoms with E-state index in [0.29, 0.717) is 16.6 Å². The first kappa shape index (κ1) is 13.9. The van der Waals surface area contributed by atoms with Crippen molar-refractivity contribution in [2.24, 2.45) is 0 Å². The van der Waals surface area contributed by atoms with Crippen LogP contribution >= 0.6 is 0 Å². The number of carboxylic acid groups (broad SMARTS) is 1. The fourth-order valence-electron chi connectivity index (χ4n) is 2.64. The van der Waals surface area contributed by atoms with Gasteiger partial charge in [0, 0.05) is 25.9 Å². The van der Waals surface area contributed by atoms with E-state index in [2.05, 4.69) is 0 Å². The Kier molecular flexibility index (Phi) is 3.02. The van der Waals surface area contributed by atoms with Crippen molar-refractivity contribution in [3.8, 4) is 5.75 Å². The minimum absolute atomic E-state index is 0.0250. The van der Waals surface area contributed by atoms with Crippen LogP contribution in [0.1, 0.15) is 20.7 Å². The number of phenolic OH excluding ortho intramolecular Hbond substituents is 1. The zero-order chi connectivity index (χ0) is 16.0. The number of hydrogen-bond acceptors (Lipinski definition) is 3. The number of carbonyl (C=O) groups is 2. The maximum absolute atomic E-state index is 12.1. The molecule has 0 aliphatic heterocycles. The van der Waals surface area contributed by atoms with Crippen molar-refractivity contribution in [1.29, 1.82) is 0 Å². The molecule has 2 heterocycles. The number of aromatic hydroxyl groups is 1. The van der Waals surface area contributed by atoms with E-state index in [4.69, 9.17) is 0 Å². The summed E-state index contributed by atoms with van der Waals surface area (Å²) in [5.41, 5.74) is 1.28. The Hall–Kier alpha value is -3.02. The summed E-state index contributed by atoms with van der Waals surface area (Å²) in [6, 6.07) is 8.04. The minimum Gasteiger partial charge on any atom is -0.507 e. The molecule has 2 aromatic heterocycles. The molecule has 0 fully saturated rings. The summed E-state index contributed by atoms with van der Waals surface area (Å²) in [5.74, 6) is -1.61. The van der Waals surface area contributed by atoms with E-state index in [1.807, 2.05) is 0 Å². The van der Waals surface area contributed by atoms with Gasteiger partial charge in [0.05, 0.1) is 22.0 Å². The van der Waals surface area contributed by atoms with Crippen LogP contribution in [0.5, 0.6) is 5.75 Å². The largest absolute Gasteiger partial charge is 0.507 e. The molecule has 6 nitrogen and oxygen atoms in total. The second-order valence-corrected chi connectivity index (χ2v) is 5.23. The highest BCUT2D eigenvalue weighted by atomic mass is 16.4. The van der Waals surface area contributed by atoms with Crippen LogP contribution in [-0.4, -0.2) is 45.5 Å². The lowest BCUT2D eigenvalue weighted by atomic mass is 10.1. The van der Waals surface area contributed by atoms with Gasteiger partial charge in [-0.3, -0.25) is 4.79 Å². The second-order valence-electron chi connectivity index (χ2n) is 5.23.